The number of rotatable bonds is 23. The van der Waals surface area contributed by atoms with Crippen LogP contribution >= 0.6 is 0 Å². The zero-order valence-electron chi connectivity index (χ0n) is 47.1. The Bertz CT molecular complexity index is 2610. The van der Waals surface area contributed by atoms with Crippen molar-refractivity contribution in [1.82, 2.24) is 21.3 Å². The number of aromatic hydroxyl groups is 1. The van der Waals surface area contributed by atoms with Gasteiger partial charge in [0.15, 0.2) is 11.2 Å². The van der Waals surface area contributed by atoms with Crippen LogP contribution in [0.25, 0.3) is 10.4 Å². The van der Waals surface area contributed by atoms with Crippen LogP contribution in [0.15, 0.2) is 70.9 Å². The monoisotopic (exact) mass is 1100 g/mol. The Hall–Kier alpha value is -5.81. The quantitative estimate of drug-likeness (QED) is 0.0161. The minimum absolute atomic E-state index is 0.139. The normalized spacial score (nSPS) is 32.4. The van der Waals surface area contributed by atoms with E-state index in [1.165, 1.54) is 25.4 Å². The van der Waals surface area contributed by atoms with E-state index < -0.39 is 70.2 Å². The van der Waals surface area contributed by atoms with Crippen LogP contribution in [-0.2, 0) is 60.3 Å². The summed E-state index contributed by atoms with van der Waals surface area (Å²) in [6, 6.07) is 12.2. The summed E-state index contributed by atoms with van der Waals surface area (Å²) >= 11 is 0. The molecule has 434 valence electrons. The highest BCUT2D eigenvalue weighted by molar-refractivity contribution is 5.77. The van der Waals surface area contributed by atoms with Crippen molar-refractivity contribution in [3.8, 4) is 5.75 Å². The van der Waals surface area contributed by atoms with E-state index in [-0.39, 0.29) is 62.4 Å². The van der Waals surface area contributed by atoms with Crippen molar-refractivity contribution in [1.29, 1.82) is 0 Å². The molecule has 6 fully saturated rings. The van der Waals surface area contributed by atoms with Gasteiger partial charge in [-0.25, -0.2) is 9.59 Å². The fraction of sp³-hybridized carbons (Fsp3) is 0.649. The summed E-state index contributed by atoms with van der Waals surface area (Å²) in [5, 5.41) is 48.1. The van der Waals surface area contributed by atoms with Gasteiger partial charge in [-0.05, 0) is 134 Å². The number of methoxy groups -OCH3 is 2. The Morgan fingerprint density at radius 2 is 1.11 bits per heavy atom. The molecule has 0 unspecified atom stereocenters. The molecule has 0 bridgehead atoms. The Balaban J connectivity index is 0.000000229. The molecule has 7 N–H and O–H groups in total. The summed E-state index contributed by atoms with van der Waals surface area (Å²) in [7, 11) is 2.99. The lowest BCUT2D eigenvalue weighted by Gasteiger charge is -2.49. The molecule has 79 heavy (non-hydrogen) atoms. The number of aryl methyl sites for hydroxylation is 3. The van der Waals surface area contributed by atoms with Crippen molar-refractivity contribution in [2.75, 3.05) is 53.6 Å². The number of amides is 4. The average molecular weight is 1100 g/mol. The average Bonchev–Trinajstić information content (AvgIpc) is 4.45. The van der Waals surface area contributed by atoms with Gasteiger partial charge >= 0.3 is 12.2 Å². The van der Waals surface area contributed by atoms with Crippen LogP contribution in [0.3, 0.4) is 0 Å². The summed E-state index contributed by atoms with van der Waals surface area (Å²) in [6.45, 7) is 15.3. The van der Waals surface area contributed by atoms with E-state index in [9.17, 15) is 34.5 Å². The molecular weight excluding hydrogens is 1020 g/mol. The number of hydrogen-bond acceptors (Lipinski definition) is 16. The highest BCUT2D eigenvalue weighted by Crippen LogP contribution is 2.63. The summed E-state index contributed by atoms with van der Waals surface area (Å²) in [6.07, 6.45) is 4.40. The van der Waals surface area contributed by atoms with Crippen molar-refractivity contribution >= 4 is 29.7 Å². The molecule has 22 nitrogen and oxygen atoms in total. The Morgan fingerprint density at radius 3 is 1.51 bits per heavy atom. The number of aliphatic hydroxyl groups is 2. The molecule has 2 aromatic rings. The number of nitrogens with one attached hydrogen (secondary N) is 4. The van der Waals surface area contributed by atoms with Crippen molar-refractivity contribution in [3.05, 3.63) is 92.9 Å². The molecule has 22 heteroatoms. The molecule has 0 radical (unpaired) electrons. The first-order valence-electron chi connectivity index (χ1n) is 27.3. The first kappa shape index (κ1) is 60.8. The lowest BCUT2D eigenvalue weighted by molar-refractivity contribution is -0.223. The van der Waals surface area contributed by atoms with Crippen LogP contribution in [0.2, 0.25) is 0 Å². The fourth-order valence-electron chi connectivity index (χ4n) is 11.7. The minimum atomic E-state index is -1.49. The van der Waals surface area contributed by atoms with Crippen molar-refractivity contribution < 1.29 is 72.4 Å². The molecule has 0 aromatic heterocycles. The third-order valence-corrected chi connectivity index (χ3v) is 16.5. The third-order valence-electron chi connectivity index (χ3n) is 16.5. The summed E-state index contributed by atoms with van der Waals surface area (Å²) in [5.74, 6) is -0.103. The lowest BCUT2D eigenvalue weighted by Crippen LogP contribution is -2.70. The highest BCUT2D eigenvalue weighted by Gasteiger charge is 2.83. The molecule has 4 amide bonds. The number of ether oxygens (including phenoxy) is 8. The van der Waals surface area contributed by atoms with E-state index in [2.05, 4.69) is 43.4 Å². The molecule has 6 aliphatic rings. The standard InChI is InChI=1S/C29H41N5O7.C28H40N2O8/c1-18(2)6-10-23-27(4,41-23)29(37)25(38-5)22(12-13-28(29)17-39-28)40-26(36)32-15-14-31-24(35)11-8-20-7-9-21(33-34-30)19(3)16-20;1-18(2)5-11-22-26(3,38-22)28(34)24(35-4)21(13-14-27(28)17-36-27)37-25(33)30-16-15-29-23(32)12-8-19-6-9-20(31)10-7-19/h6-7,9,16,22-23,25,37H,8,10-15,17H2,1-5H3,(H,31,35)(H,32,36);5-7,9-10,21-22,24,31,34H,8,11-17H2,1-4H3,(H,29,32)(H,30,33)/t22-,23-,25-,27-,28+,29+;21-,22-,24-,26-,27+,28+/m11/s1. The lowest BCUT2D eigenvalue weighted by atomic mass is 9.64. The Kier molecular flexibility index (Phi) is 19.5. The van der Waals surface area contributed by atoms with Crippen LogP contribution in [-0.4, -0.2) is 163 Å². The number of epoxide rings is 4. The van der Waals surface area contributed by atoms with Gasteiger partial charge in [0.05, 0.1) is 25.4 Å². The van der Waals surface area contributed by atoms with Crippen LogP contribution in [0.1, 0.15) is 110 Å². The summed E-state index contributed by atoms with van der Waals surface area (Å²) in [4.78, 5) is 52.4. The van der Waals surface area contributed by atoms with Crippen LogP contribution in [0.5, 0.6) is 5.75 Å². The number of phenolic OH excluding ortho intramolecular Hbond substituents is 1. The van der Waals surface area contributed by atoms with Crippen LogP contribution < -0.4 is 21.3 Å². The van der Waals surface area contributed by atoms with E-state index >= 15 is 0 Å². The van der Waals surface area contributed by atoms with Crippen molar-refractivity contribution in [3.63, 3.8) is 0 Å². The smallest absolute Gasteiger partial charge is 0.407 e. The number of carbonyl (C=O) groups is 4. The maximum Gasteiger partial charge on any atom is 0.407 e. The third kappa shape index (κ3) is 13.5. The van der Waals surface area contributed by atoms with E-state index in [1.54, 1.807) is 30.3 Å². The molecule has 4 heterocycles. The molecule has 2 spiro atoms. The van der Waals surface area contributed by atoms with Gasteiger partial charge in [0, 0.05) is 63.8 Å². The van der Waals surface area contributed by atoms with E-state index in [0.29, 0.717) is 76.7 Å². The van der Waals surface area contributed by atoms with E-state index in [0.717, 1.165) is 16.7 Å². The van der Waals surface area contributed by atoms with Gasteiger partial charge in [-0.1, -0.05) is 58.7 Å². The molecule has 4 saturated heterocycles. The molecular formula is C57H81N7O15. The van der Waals surface area contributed by atoms with Crippen molar-refractivity contribution in [2.45, 2.75) is 183 Å². The first-order chi connectivity index (χ1) is 37.5. The van der Waals surface area contributed by atoms with Gasteiger partial charge in [-0.2, -0.15) is 0 Å². The van der Waals surface area contributed by atoms with Crippen molar-refractivity contribution in [2.24, 2.45) is 5.11 Å². The number of allylic oxidation sites excluding steroid dienone is 2. The Labute approximate surface area is 462 Å². The largest absolute Gasteiger partial charge is 0.508 e. The molecule has 8 rings (SSSR count). The first-order valence-corrected chi connectivity index (χ1v) is 27.3. The van der Waals surface area contributed by atoms with Crippen LogP contribution in [0.4, 0.5) is 15.3 Å². The number of alkyl carbamates (subject to hydrolysis) is 2. The number of carbonyl (C=O) groups excluding carboxylic acids is 4. The van der Waals surface area contributed by atoms with Gasteiger partial charge in [-0.15, -0.1) is 0 Å². The maximum atomic E-state index is 12.6. The molecule has 2 aromatic carbocycles. The molecule has 2 aliphatic carbocycles. The second-order valence-corrected chi connectivity index (χ2v) is 22.4. The predicted molar refractivity (Wildman–Crippen MR) is 289 cm³/mol. The van der Waals surface area contributed by atoms with E-state index in [4.69, 9.17) is 43.4 Å². The highest BCUT2D eigenvalue weighted by atomic mass is 16.7. The number of azide groups is 1. The SMILES string of the molecule is CO[C@@H]1[C@H](OC(=O)NCCNC(=O)CCc2ccc(N=[N+]=[N-])c(C)c2)CC[C@]2(CO2)[C@@]1(O)[C@]1(C)O[C@@H]1CC=C(C)C.CO[C@@H]1[C@H](OC(=O)NCCNC(=O)CCc2ccc(O)cc2)CC[C@]2(CO2)[C@@]1(O)[C@]1(C)O[C@@H]1CC=C(C)C. The minimum Gasteiger partial charge on any atom is -0.508 e. The second kappa shape index (κ2) is 25.3. The maximum absolute atomic E-state index is 12.6. The van der Waals surface area contributed by atoms with Gasteiger partial charge in [0.25, 0.3) is 0 Å². The summed E-state index contributed by atoms with van der Waals surface area (Å²) in [5.41, 5.74) is 7.93. The fourth-order valence-corrected chi connectivity index (χ4v) is 11.7. The molecule has 12 atom stereocenters. The molecule has 2 saturated carbocycles. The zero-order valence-corrected chi connectivity index (χ0v) is 47.1. The topological polar surface area (TPSA) is 313 Å². The number of hydrogen-bond donors (Lipinski definition) is 7. The Morgan fingerprint density at radius 1 is 0.696 bits per heavy atom. The number of benzene rings is 2. The number of phenols is 1. The van der Waals surface area contributed by atoms with Gasteiger partial charge in [-0.3, -0.25) is 9.59 Å². The van der Waals surface area contributed by atoms with Gasteiger partial charge in [0.1, 0.15) is 52.6 Å². The molecule has 4 aliphatic heterocycles. The predicted octanol–water partition coefficient (Wildman–Crippen LogP) is 6.26. The zero-order chi connectivity index (χ0) is 57.4. The van der Waals surface area contributed by atoms with E-state index in [1.807, 2.05) is 60.6 Å². The number of nitrogens with zero attached hydrogens (tertiary/aromatic N) is 3. The second-order valence-electron chi connectivity index (χ2n) is 22.4. The van der Waals surface area contributed by atoms with Crippen LogP contribution in [0, 0.1) is 6.92 Å². The van der Waals surface area contributed by atoms with Gasteiger partial charge < -0.3 is 74.5 Å². The summed E-state index contributed by atoms with van der Waals surface area (Å²) < 4.78 is 46.7. The van der Waals surface area contributed by atoms with Gasteiger partial charge in [0.2, 0.25) is 11.8 Å².